The molecule has 0 unspecified atom stereocenters. The van der Waals surface area contributed by atoms with Crippen molar-refractivity contribution in [2.45, 2.75) is 26.8 Å². The first kappa shape index (κ1) is 20.1. The highest BCUT2D eigenvalue weighted by atomic mass is 32.2. The Morgan fingerprint density at radius 1 is 1.18 bits per heavy atom. The Kier molecular flexibility index (Phi) is 5.31. The third-order valence-electron chi connectivity index (χ3n) is 4.26. The van der Waals surface area contributed by atoms with Crippen LogP contribution in [0.3, 0.4) is 0 Å². The first-order valence-corrected chi connectivity index (χ1v) is 11.3. The Hall–Kier alpha value is -2.65. The lowest BCUT2D eigenvalue weighted by Crippen LogP contribution is -2.16. The number of benzene rings is 2. The second-order valence-electron chi connectivity index (χ2n) is 6.82. The summed E-state index contributed by atoms with van der Waals surface area (Å²) in [4.78, 5) is 24.8. The van der Waals surface area contributed by atoms with Crippen molar-refractivity contribution in [2.75, 3.05) is 16.3 Å². The molecule has 0 atom stereocenters. The lowest BCUT2D eigenvalue weighted by Gasteiger charge is -2.13. The van der Waals surface area contributed by atoms with Crippen molar-refractivity contribution in [3.05, 3.63) is 57.2 Å². The van der Waals surface area contributed by atoms with Gasteiger partial charge in [-0.3, -0.25) is 18.9 Å². The summed E-state index contributed by atoms with van der Waals surface area (Å²) in [6, 6.07) is 10.2. The van der Waals surface area contributed by atoms with E-state index in [9.17, 15) is 18.0 Å². The summed E-state index contributed by atoms with van der Waals surface area (Å²) in [5.74, 6) is -0.357. The van der Waals surface area contributed by atoms with Crippen molar-refractivity contribution in [1.29, 1.82) is 0 Å². The summed E-state index contributed by atoms with van der Waals surface area (Å²) in [6.07, 6.45) is 1.06. The van der Waals surface area contributed by atoms with E-state index >= 15 is 0 Å². The number of sulfonamides is 1. The first-order chi connectivity index (χ1) is 13.1. The Morgan fingerprint density at radius 3 is 2.54 bits per heavy atom. The number of hydrogen-bond donors (Lipinski definition) is 2. The maximum atomic E-state index is 12.7. The summed E-state index contributed by atoms with van der Waals surface area (Å²) in [5, 5.41) is 2.82. The number of amides is 1. The molecule has 1 heterocycles. The summed E-state index contributed by atoms with van der Waals surface area (Å²) in [7, 11) is -3.45. The number of carbonyl (C=O) groups excluding carboxylic acids is 1. The molecule has 7 nitrogen and oxygen atoms in total. The van der Waals surface area contributed by atoms with Crippen LogP contribution in [0, 0.1) is 6.92 Å². The van der Waals surface area contributed by atoms with Gasteiger partial charge < -0.3 is 5.32 Å². The monoisotopic (exact) mass is 419 g/mol. The predicted molar refractivity (Wildman–Crippen MR) is 114 cm³/mol. The molecule has 0 saturated heterocycles. The molecule has 0 spiro atoms. The smallest absolute Gasteiger partial charge is 0.308 e. The number of thiazole rings is 1. The summed E-state index contributed by atoms with van der Waals surface area (Å²) >= 11 is 1.14. The molecular weight excluding hydrogens is 398 g/mol. The molecular formula is C19H21N3O4S2. The van der Waals surface area contributed by atoms with Gasteiger partial charge in [-0.1, -0.05) is 17.4 Å². The van der Waals surface area contributed by atoms with Gasteiger partial charge in [0.25, 0.3) is 5.91 Å². The van der Waals surface area contributed by atoms with Crippen molar-refractivity contribution in [2.24, 2.45) is 0 Å². The maximum Gasteiger partial charge on any atom is 0.308 e. The topological polar surface area (TPSA) is 97.3 Å². The van der Waals surface area contributed by atoms with Crippen LogP contribution in [-0.2, 0) is 10.0 Å². The second-order valence-corrected chi connectivity index (χ2v) is 9.56. The predicted octanol–water partition coefficient (Wildman–Crippen LogP) is 3.58. The number of aromatic nitrogens is 1. The number of hydrogen-bond acceptors (Lipinski definition) is 5. The molecule has 0 bridgehead atoms. The Bertz CT molecular complexity index is 1220. The molecule has 0 aliphatic rings. The van der Waals surface area contributed by atoms with Gasteiger partial charge in [-0.05, 0) is 56.7 Å². The minimum absolute atomic E-state index is 0.0381. The highest BCUT2D eigenvalue weighted by Crippen LogP contribution is 2.25. The summed E-state index contributed by atoms with van der Waals surface area (Å²) in [6.45, 7) is 5.58. The van der Waals surface area contributed by atoms with Crippen molar-refractivity contribution < 1.29 is 13.2 Å². The van der Waals surface area contributed by atoms with Crippen molar-refractivity contribution in [3.8, 4) is 0 Å². The first-order valence-electron chi connectivity index (χ1n) is 8.60. The molecule has 148 valence electrons. The van der Waals surface area contributed by atoms with E-state index in [1.807, 2.05) is 19.9 Å². The molecule has 0 radical (unpaired) electrons. The van der Waals surface area contributed by atoms with E-state index in [0.29, 0.717) is 22.5 Å². The zero-order valence-corrected chi connectivity index (χ0v) is 17.6. The normalized spacial score (nSPS) is 11.8. The SMILES string of the molecule is Cc1c(NS(C)(=O)=O)cccc1C(=O)Nc1ccc2c(c1)sc(=O)n2C(C)C. The molecule has 2 aromatic carbocycles. The van der Waals surface area contributed by atoms with Crippen LogP contribution in [0.25, 0.3) is 10.2 Å². The fourth-order valence-electron chi connectivity index (χ4n) is 2.99. The summed E-state index contributed by atoms with van der Waals surface area (Å²) in [5.41, 5.74) is 2.65. The summed E-state index contributed by atoms with van der Waals surface area (Å²) < 4.78 is 27.9. The fourth-order valence-corrected chi connectivity index (χ4v) is 4.67. The van der Waals surface area contributed by atoms with Gasteiger partial charge in [0.05, 0.1) is 22.2 Å². The van der Waals surface area contributed by atoms with Crippen LogP contribution in [-0.4, -0.2) is 25.1 Å². The van der Waals surface area contributed by atoms with Gasteiger partial charge in [0, 0.05) is 17.3 Å². The van der Waals surface area contributed by atoms with E-state index in [1.54, 1.807) is 41.8 Å². The number of carbonyl (C=O) groups is 1. The number of anilines is 2. The van der Waals surface area contributed by atoms with Crippen molar-refractivity contribution in [3.63, 3.8) is 0 Å². The molecule has 28 heavy (non-hydrogen) atoms. The fraction of sp³-hybridized carbons (Fsp3) is 0.263. The van der Waals surface area contributed by atoms with Gasteiger partial charge in [0.1, 0.15) is 0 Å². The van der Waals surface area contributed by atoms with Gasteiger partial charge in [-0.25, -0.2) is 8.42 Å². The van der Waals surface area contributed by atoms with E-state index in [-0.39, 0.29) is 16.8 Å². The van der Waals surface area contributed by atoms with Gasteiger partial charge in [0.15, 0.2) is 0 Å². The van der Waals surface area contributed by atoms with E-state index in [1.165, 1.54) is 0 Å². The van der Waals surface area contributed by atoms with Crippen molar-refractivity contribution in [1.82, 2.24) is 4.57 Å². The van der Waals surface area contributed by atoms with E-state index < -0.39 is 10.0 Å². The zero-order chi connectivity index (χ0) is 20.6. The molecule has 1 aromatic heterocycles. The van der Waals surface area contributed by atoms with Gasteiger partial charge in [-0.15, -0.1) is 0 Å². The molecule has 3 rings (SSSR count). The van der Waals surface area contributed by atoms with E-state index in [0.717, 1.165) is 27.8 Å². The zero-order valence-electron chi connectivity index (χ0n) is 15.9. The van der Waals surface area contributed by atoms with Crippen LogP contribution in [0.4, 0.5) is 11.4 Å². The van der Waals surface area contributed by atoms with Crippen LogP contribution < -0.4 is 14.9 Å². The third-order valence-corrected chi connectivity index (χ3v) is 5.77. The average molecular weight is 420 g/mol. The highest BCUT2D eigenvalue weighted by molar-refractivity contribution is 7.92. The molecule has 3 aromatic rings. The van der Waals surface area contributed by atoms with Gasteiger partial charge in [-0.2, -0.15) is 0 Å². The van der Waals surface area contributed by atoms with Gasteiger partial charge >= 0.3 is 4.87 Å². The number of nitrogens with zero attached hydrogens (tertiary/aromatic N) is 1. The molecule has 2 N–H and O–H groups in total. The lowest BCUT2D eigenvalue weighted by molar-refractivity contribution is 0.102. The average Bonchev–Trinajstić information content (AvgIpc) is 2.90. The number of fused-ring (bicyclic) bond motifs is 1. The standard InChI is InChI=1S/C19H21N3O4S2/c1-11(2)22-16-9-8-13(10-17(16)27-19(22)24)20-18(23)14-6-5-7-15(12(14)3)21-28(4,25)26/h5-11,21H,1-4H3,(H,20,23). The highest BCUT2D eigenvalue weighted by Gasteiger charge is 2.15. The molecule has 0 aliphatic heterocycles. The second kappa shape index (κ2) is 7.40. The Labute approximate surface area is 167 Å². The number of rotatable bonds is 5. The molecule has 0 saturated carbocycles. The maximum absolute atomic E-state index is 12.7. The van der Waals surface area contributed by atoms with E-state index in [4.69, 9.17) is 0 Å². The number of nitrogens with one attached hydrogen (secondary N) is 2. The quantitative estimate of drug-likeness (QED) is 0.661. The molecule has 1 amide bonds. The van der Waals surface area contributed by atoms with Crippen LogP contribution in [0.5, 0.6) is 0 Å². The largest absolute Gasteiger partial charge is 0.322 e. The third kappa shape index (κ3) is 4.10. The van der Waals surface area contributed by atoms with Gasteiger partial charge in [0.2, 0.25) is 10.0 Å². The Morgan fingerprint density at radius 2 is 1.89 bits per heavy atom. The molecule has 0 fully saturated rings. The lowest BCUT2D eigenvalue weighted by atomic mass is 10.1. The minimum Gasteiger partial charge on any atom is -0.322 e. The molecule has 9 heteroatoms. The Balaban J connectivity index is 1.91. The van der Waals surface area contributed by atoms with Crippen LogP contribution >= 0.6 is 11.3 Å². The minimum atomic E-state index is -3.45. The van der Waals surface area contributed by atoms with Crippen LogP contribution in [0.15, 0.2) is 41.2 Å². The van der Waals surface area contributed by atoms with Crippen LogP contribution in [0.2, 0.25) is 0 Å². The van der Waals surface area contributed by atoms with Crippen LogP contribution in [0.1, 0.15) is 35.8 Å². The van der Waals surface area contributed by atoms with Crippen molar-refractivity contribution >= 4 is 48.9 Å². The van der Waals surface area contributed by atoms with E-state index in [2.05, 4.69) is 10.0 Å². The molecule has 0 aliphatic carbocycles.